The molecule has 0 spiro atoms. The third kappa shape index (κ3) is 4.64. The summed E-state index contributed by atoms with van der Waals surface area (Å²) >= 11 is 1.13. The minimum absolute atomic E-state index is 0.0327. The second kappa shape index (κ2) is 10.5. The van der Waals surface area contributed by atoms with Crippen LogP contribution in [0.3, 0.4) is 0 Å². The number of carbonyl (C=O) groups excluding carboxylic acids is 2. The molecule has 1 saturated heterocycles. The summed E-state index contributed by atoms with van der Waals surface area (Å²) in [5, 5.41) is 13.8. The summed E-state index contributed by atoms with van der Waals surface area (Å²) in [7, 11) is 0. The molecule has 9 heteroatoms. The van der Waals surface area contributed by atoms with E-state index in [9.17, 15) is 27.9 Å². The highest BCUT2D eigenvalue weighted by atomic mass is 32.2. The number of ether oxygens (including phenoxy) is 2. The van der Waals surface area contributed by atoms with Gasteiger partial charge in [-0.15, -0.1) is 0 Å². The van der Waals surface area contributed by atoms with Crippen LogP contribution in [0.25, 0.3) is 10.8 Å². The van der Waals surface area contributed by atoms with Crippen LogP contribution < -0.4 is 0 Å². The van der Waals surface area contributed by atoms with Crippen LogP contribution in [-0.2, 0) is 24.8 Å². The fraction of sp³-hybridized carbons (Fsp3) is 0.543. The lowest BCUT2D eigenvalue weighted by Crippen LogP contribution is -2.62. The number of thioether (sulfide) groups is 1. The van der Waals surface area contributed by atoms with Gasteiger partial charge in [0.25, 0.3) is 0 Å². The van der Waals surface area contributed by atoms with E-state index in [1.165, 1.54) is 0 Å². The van der Waals surface area contributed by atoms with Gasteiger partial charge in [-0.1, -0.05) is 79.7 Å². The highest BCUT2D eigenvalue weighted by molar-refractivity contribution is 8.13. The monoisotopic (exact) mass is 626 g/mol. The number of hydrogen-bond donors (Lipinski definition) is 1. The molecule has 2 aromatic carbocycles. The van der Waals surface area contributed by atoms with Crippen LogP contribution in [0.15, 0.2) is 66.3 Å². The smallest absolute Gasteiger partial charge is 0.389 e. The first-order chi connectivity index (χ1) is 20.8. The van der Waals surface area contributed by atoms with Crippen LogP contribution in [0.5, 0.6) is 0 Å². The molecule has 7 unspecified atom stereocenters. The molecule has 4 fully saturated rings. The largest absolute Gasteiger partial charge is 0.393 e. The molecule has 1 N–H and O–H groups in total. The van der Waals surface area contributed by atoms with E-state index in [0.717, 1.165) is 40.1 Å². The summed E-state index contributed by atoms with van der Waals surface area (Å²) in [6, 6.07) is 14.0. The second-order valence-corrected chi connectivity index (χ2v) is 14.7. The van der Waals surface area contributed by atoms with Crippen LogP contribution in [0.2, 0.25) is 0 Å². The van der Waals surface area contributed by atoms with Gasteiger partial charge >= 0.3 is 6.18 Å². The van der Waals surface area contributed by atoms with E-state index in [0.29, 0.717) is 18.6 Å². The molecule has 3 saturated carbocycles. The Hall–Kier alpha value is -2.46. The number of halogens is 3. The summed E-state index contributed by atoms with van der Waals surface area (Å²) < 4.78 is 52.3. The molecule has 5 aliphatic rings. The molecule has 0 amide bonds. The lowest BCUT2D eigenvalue weighted by atomic mass is 9.46. The topological polar surface area (TPSA) is 72.8 Å². The maximum absolute atomic E-state index is 14.5. The Morgan fingerprint density at radius 2 is 1.91 bits per heavy atom. The first-order valence-corrected chi connectivity index (χ1v) is 16.5. The molecule has 44 heavy (non-hydrogen) atoms. The zero-order valence-electron chi connectivity index (χ0n) is 24.8. The van der Waals surface area contributed by atoms with E-state index in [1.54, 1.807) is 12.2 Å². The van der Waals surface area contributed by atoms with Crippen molar-refractivity contribution >= 4 is 33.4 Å². The minimum atomic E-state index is -4.37. The van der Waals surface area contributed by atoms with Gasteiger partial charge in [0.2, 0.25) is 5.12 Å². The van der Waals surface area contributed by atoms with Crippen molar-refractivity contribution in [1.29, 1.82) is 0 Å². The number of alkyl halides is 3. The summed E-state index contributed by atoms with van der Waals surface area (Å²) in [4.78, 5) is 26.7. The normalized spacial score (nSPS) is 39.4. The molecule has 1 aliphatic heterocycles. The van der Waals surface area contributed by atoms with Gasteiger partial charge in [0.15, 0.2) is 17.7 Å². The predicted octanol–water partition coefficient (Wildman–Crippen LogP) is 7.31. The molecule has 5 nitrogen and oxygen atoms in total. The van der Waals surface area contributed by atoms with Crippen LogP contribution in [0.4, 0.5) is 13.2 Å². The van der Waals surface area contributed by atoms with E-state index in [2.05, 4.69) is 6.92 Å². The van der Waals surface area contributed by atoms with Gasteiger partial charge in [-0.05, 0) is 66.0 Å². The van der Waals surface area contributed by atoms with Crippen LogP contribution in [-0.4, -0.2) is 46.3 Å². The van der Waals surface area contributed by atoms with Crippen molar-refractivity contribution in [2.24, 2.45) is 28.6 Å². The minimum Gasteiger partial charge on any atom is -0.393 e. The highest BCUT2D eigenvalue weighted by Crippen LogP contribution is 2.70. The van der Waals surface area contributed by atoms with E-state index in [-0.39, 0.29) is 41.5 Å². The SMILES string of the molecule is CC12C=CC(=O)C=C1CCC1C2C(O)CC2(C)C1C[C@H]1OC(CCC(F)(F)F)O[C@]12C(=O)SCc1ccc2ccccc2c1. The fourth-order valence-corrected chi connectivity index (χ4v) is 10.6. The summed E-state index contributed by atoms with van der Waals surface area (Å²) in [6.07, 6.45) is -1.03. The van der Waals surface area contributed by atoms with Crippen LogP contribution in [0, 0.1) is 28.6 Å². The summed E-state index contributed by atoms with van der Waals surface area (Å²) in [5.74, 6) is 0.183. The van der Waals surface area contributed by atoms with E-state index >= 15 is 0 Å². The standard InChI is InChI=1S/C35H37F3O5S/c1-32-13-11-24(39)16-23(32)9-10-25-26-17-28-35(33(26,2)18-27(40)30(25)32,43-29(42-28)12-14-34(36,37)38)31(41)44-19-20-7-8-21-5-3-4-6-22(21)15-20/h3-8,11,13,15-16,25-30,40H,9-10,12,14,17-19H2,1-2H3/t25?,26?,27?,28-,29?,30?,32?,33?,35+/m1/s1. The van der Waals surface area contributed by atoms with Gasteiger partial charge in [0, 0.05) is 35.3 Å². The van der Waals surface area contributed by atoms with E-state index < -0.39 is 47.5 Å². The predicted molar refractivity (Wildman–Crippen MR) is 161 cm³/mol. The van der Waals surface area contributed by atoms with Crippen molar-refractivity contribution in [3.63, 3.8) is 0 Å². The second-order valence-electron chi connectivity index (χ2n) is 13.8. The summed E-state index contributed by atoms with van der Waals surface area (Å²) in [6.45, 7) is 4.07. The third-order valence-electron chi connectivity index (χ3n) is 11.4. The van der Waals surface area contributed by atoms with Crippen molar-refractivity contribution in [2.45, 2.75) is 88.4 Å². The van der Waals surface area contributed by atoms with Gasteiger partial charge < -0.3 is 14.6 Å². The van der Waals surface area contributed by atoms with Gasteiger partial charge in [-0.3, -0.25) is 9.59 Å². The lowest BCUT2D eigenvalue weighted by molar-refractivity contribution is -0.201. The lowest BCUT2D eigenvalue weighted by Gasteiger charge is -2.59. The molecule has 0 bridgehead atoms. The summed E-state index contributed by atoms with van der Waals surface area (Å²) in [5.41, 5.74) is -0.803. The first kappa shape index (κ1) is 30.2. The Labute approximate surface area is 259 Å². The average Bonchev–Trinajstić information content (AvgIpc) is 3.47. The molecular weight excluding hydrogens is 589 g/mol. The van der Waals surface area contributed by atoms with Crippen LogP contribution in [0.1, 0.15) is 57.9 Å². The Morgan fingerprint density at radius 3 is 2.68 bits per heavy atom. The number of rotatable bonds is 5. The molecule has 0 aromatic heterocycles. The molecule has 7 rings (SSSR count). The quantitative estimate of drug-likeness (QED) is 0.375. The number of aliphatic hydroxyl groups excluding tert-OH is 1. The fourth-order valence-electron chi connectivity index (χ4n) is 9.48. The van der Waals surface area contributed by atoms with Crippen molar-refractivity contribution in [1.82, 2.24) is 0 Å². The number of aliphatic hydroxyl groups is 1. The van der Waals surface area contributed by atoms with Crippen molar-refractivity contribution < 1.29 is 37.3 Å². The zero-order valence-corrected chi connectivity index (χ0v) is 25.6. The first-order valence-electron chi connectivity index (χ1n) is 15.5. The van der Waals surface area contributed by atoms with Crippen molar-refractivity contribution in [3.05, 3.63) is 71.8 Å². The molecule has 4 aliphatic carbocycles. The number of allylic oxidation sites excluding steroid dienone is 4. The Bertz CT molecular complexity index is 1570. The number of ketones is 1. The Morgan fingerprint density at radius 1 is 1.14 bits per heavy atom. The van der Waals surface area contributed by atoms with Crippen molar-refractivity contribution in [3.8, 4) is 0 Å². The maximum atomic E-state index is 14.5. The third-order valence-corrected chi connectivity index (χ3v) is 12.5. The highest BCUT2D eigenvalue weighted by Gasteiger charge is 2.76. The van der Waals surface area contributed by atoms with Crippen molar-refractivity contribution in [2.75, 3.05) is 0 Å². The number of fused-ring (bicyclic) bond motifs is 8. The Balaban J connectivity index is 1.21. The molecule has 2 aromatic rings. The molecule has 9 atom stereocenters. The van der Waals surface area contributed by atoms with Gasteiger partial charge in [0.1, 0.15) is 0 Å². The van der Waals surface area contributed by atoms with E-state index in [1.807, 2.05) is 55.5 Å². The van der Waals surface area contributed by atoms with Gasteiger partial charge in [0.05, 0.1) is 12.2 Å². The molecule has 234 valence electrons. The maximum Gasteiger partial charge on any atom is 0.389 e. The molecule has 0 radical (unpaired) electrons. The molecular formula is C35H37F3O5S. The zero-order chi connectivity index (χ0) is 31.1. The number of hydrogen-bond acceptors (Lipinski definition) is 6. The van der Waals surface area contributed by atoms with E-state index in [4.69, 9.17) is 9.47 Å². The number of carbonyl (C=O) groups is 2. The molecule has 1 heterocycles. The Kier molecular flexibility index (Phi) is 7.24. The number of benzene rings is 2. The van der Waals surface area contributed by atoms with Gasteiger partial charge in [-0.25, -0.2) is 0 Å². The van der Waals surface area contributed by atoms with Crippen LogP contribution >= 0.6 is 11.8 Å². The average molecular weight is 627 g/mol. The van der Waals surface area contributed by atoms with Gasteiger partial charge in [-0.2, -0.15) is 13.2 Å².